The van der Waals surface area contributed by atoms with Crippen molar-refractivity contribution in [3.8, 4) is 0 Å². The van der Waals surface area contributed by atoms with Crippen LogP contribution in [-0.4, -0.2) is 12.0 Å². The molecule has 2 rings (SSSR count). The molecule has 0 aliphatic rings. The van der Waals surface area contributed by atoms with E-state index < -0.39 is 0 Å². The average Bonchev–Trinajstić information content (AvgIpc) is 2.45. The lowest BCUT2D eigenvalue weighted by Crippen LogP contribution is -2.18. The molecule has 1 N–H and O–H groups in total. The summed E-state index contributed by atoms with van der Waals surface area (Å²) in [4.78, 5) is 10.3. The number of hydrogen-bond donors (Lipinski definition) is 1. The van der Waals surface area contributed by atoms with E-state index in [0.717, 1.165) is 16.5 Å². The second-order valence-corrected chi connectivity index (χ2v) is 5.44. The molecule has 0 radical (unpaired) electrons. The molecule has 0 amide bonds. The van der Waals surface area contributed by atoms with Gasteiger partial charge >= 0.3 is 0 Å². The van der Waals surface area contributed by atoms with Crippen molar-refractivity contribution < 1.29 is 4.92 Å². The van der Waals surface area contributed by atoms with E-state index in [4.69, 9.17) is 0 Å². The van der Waals surface area contributed by atoms with Gasteiger partial charge in [0.2, 0.25) is 0 Å². The standard InChI is InChI=1S/C15H15BrN2O2/c1-17-15(12-3-2-4-13(16)10-12)9-11-5-7-14(8-6-11)18(19)20/h2-8,10,15,17H,9H2,1H3. The molecular formula is C15H15BrN2O2. The Hall–Kier alpha value is -1.72. The molecule has 1 atom stereocenters. The van der Waals surface area contributed by atoms with Crippen LogP contribution in [-0.2, 0) is 6.42 Å². The van der Waals surface area contributed by atoms with Crippen LogP contribution >= 0.6 is 15.9 Å². The number of nitrogens with zero attached hydrogens (tertiary/aromatic N) is 1. The molecule has 20 heavy (non-hydrogen) atoms. The van der Waals surface area contributed by atoms with Crippen molar-refractivity contribution in [3.05, 3.63) is 74.2 Å². The highest BCUT2D eigenvalue weighted by Crippen LogP contribution is 2.22. The van der Waals surface area contributed by atoms with Crippen LogP contribution in [0.5, 0.6) is 0 Å². The predicted octanol–water partition coefficient (Wildman–Crippen LogP) is 3.86. The van der Waals surface area contributed by atoms with E-state index in [1.54, 1.807) is 24.3 Å². The minimum Gasteiger partial charge on any atom is -0.313 e. The Kier molecular flexibility index (Phi) is 4.87. The zero-order chi connectivity index (χ0) is 14.5. The normalized spacial score (nSPS) is 12.1. The van der Waals surface area contributed by atoms with Gasteiger partial charge in [0.25, 0.3) is 5.69 Å². The van der Waals surface area contributed by atoms with Gasteiger partial charge < -0.3 is 5.32 Å². The first-order chi connectivity index (χ1) is 9.60. The zero-order valence-electron chi connectivity index (χ0n) is 11.0. The highest BCUT2D eigenvalue weighted by Gasteiger charge is 2.11. The van der Waals surface area contributed by atoms with Gasteiger partial charge in [0.05, 0.1) is 4.92 Å². The Morgan fingerprint density at radius 1 is 1.25 bits per heavy atom. The summed E-state index contributed by atoms with van der Waals surface area (Å²) in [6, 6.07) is 15.0. The van der Waals surface area contributed by atoms with Gasteiger partial charge in [-0.2, -0.15) is 0 Å². The summed E-state index contributed by atoms with van der Waals surface area (Å²) < 4.78 is 1.04. The Labute approximate surface area is 126 Å². The fourth-order valence-corrected chi connectivity index (χ4v) is 2.52. The van der Waals surface area contributed by atoms with E-state index in [2.05, 4.69) is 33.4 Å². The van der Waals surface area contributed by atoms with E-state index in [1.165, 1.54) is 5.56 Å². The lowest BCUT2D eigenvalue weighted by Gasteiger charge is -2.17. The lowest BCUT2D eigenvalue weighted by atomic mass is 9.99. The topological polar surface area (TPSA) is 55.2 Å². The smallest absolute Gasteiger partial charge is 0.269 e. The monoisotopic (exact) mass is 334 g/mol. The average molecular weight is 335 g/mol. The van der Waals surface area contributed by atoms with E-state index in [-0.39, 0.29) is 16.7 Å². The van der Waals surface area contributed by atoms with Crippen LogP contribution in [0.25, 0.3) is 0 Å². The van der Waals surface area contributed by atoms with Crippen molar-refractivity contribution in [2.75, 3.05) is 7.05 Å². The van der Waals surface area contributed by atoms with Gasteiger partial charge in [0.1, 0.15) is 0 Å². The van der Waals surface area contributed by atoms with Crippen molar-refractivity contribution in [1.29, 1.82) is 0 Å². The number of hydrogen-bond acceptors (Lipinski definition) is 3. The van der Waals surface area contributed by atoms with Crippen LogP contribution in [0.1, 0.15) is 17.2 Å². The third-order valence-electron chi connectivity index (χ3n) is 3.19. The molecule has 5 heteroatoms. The maximum Gasteiger partial charge on any atom is 0.269 e. The van der Waals surface area contributed by atoms with E-state index in [0.29, 0.717) is 0 Å². The minimum absolute atomic E-state index is 0.122. The number of nitro groups is 1. The molecule has 0 aliphatic heterocycles. The fraction of sp³-hybridized carbons (Fsp3) is 0.200. The van der Waals surface area contributed by atoms with E-state index >= 15 is 0 Å². The van der Waals surface area contributed by atoms with Crippen LogP contribution < -0.4 is 5.32 Å². The predicted molar refractivity (Wildman–Crippen MR) is 82.7 cm³/mol. The van der Waals surface area contributed by atoms with E-state index in [1.807, 2.05) is 19.2 Å². The van der Waals surface area contributed by atoms with Crippen molar-refractivity contribution in [2.24, 2.45) is 0 Å². The molecule has 0 spiro atoms. The number of likely N-dealkylation sites (N-methyl/N-ethyl adjacent to an activating group) is 1. The van der Waals surface area contributed by atoms with Crippen molar-refractivity contribution in [3.63, 3.8) is 0 Å². The fourth-order valence-electron chi connectivity index (χ4n) is 2.10. The highest BCUT2D eigenvalue weighted by atomic mass is 79.9. The number of nitrogens with one attached hydrogen (secondary N) is 1. The molecular weight excluding hydrogens is 320 g/mol. The van der Waals surface area contributed by atoms with Gasteiger partial charge in [-0.05, 0) is 36.7 Å². The van der Waals surface area contributed by atoms with Gasteiger partial charge in [-0.15, -0.1) is 0 Å². The minimum atomic E-state index is -0.381. The van der Waals surface area contributed by atoms with Crippen LogP contribution in [0.15, 0.2) is 53.0 Å². The van der Waals surface area contributed by atoms with Crippen molar-refractivity contribution in [1.82, 2.24) is 5.32 Å². The molecule has 0 saturated heterocycles. The van der Waals surface area contributed by atoms with Gasteiger partial charge in [-0.3, -0.25) is 10.1 Å². The van der Waals surface area contributed by atoms with Crippen LogP contribution in [0.2, 0.25) is 0 Å². The number of nitro benzene ring substituents is 1. The van der Waals surface area contributed by atoms with Crippen molar-refractivity contribution >= 4 is 21.6 Å². The van der Waals surface area contributed by atoms with Crippen LogP contribution in [0.3, 0.4) is 0 Å². The first-order valence-corrected chi connectivity index (χ1v) is 7.05. The summed E-state index contributed by atoms with van der Waals surface area (Å²) in [6.45, 7) is 0. The molecule has 0 fully saturated rings. The lowest BCUT2D eigenvalue weighted by molar-refractivity contribution is -0.384. The SMILES string of the molecule is CNC(Cc1ccc([N+](=O)[O-])cc1)c1cccc(Br)c1. The number of rotatable bonds is 5. The maximum atomic E-state index is 10.6. The molecule has 0 aliphatic carbocycles. The van der Waals surface area contributed by atoms with E-state index in [9.17, 15) is 10.1 Å². The second kappa shape index (κ2) is 6.63. The number of halogens is 1. The summed E-state index contributed by atoms with van der Waals surface area (Å²) in [5.74, 6) is 0. The Balaban J connectivity index is 2.16. The van der Waals surface area contributed by atoms with Crippen LogP contribution in [0, 0.1) is 10.1 Å². The zero-order valence-corrected chi connectivity index (χ0v) is 12.6. The third-order valence-corrected chi connectivity index (χ3v) is 3.68. The quantitative estimate of drug-likeness (QED) is 0.667. The molecule has 2 aromatic carbocycles. The summed E-state index contributed by atoms with van der Waals surface area (Å²) in [5, 5.41) is 13.9. The highest BCUT2D eigenvalue weighted by molar-refractivity contribution is 9.10. The van der Waals surface area contributed by atoms with Gasteiger partial charge in [0, 0.05) is 22.6 Å². The Bertz CT molecular complexity index is 599. The first kappa shape index (κ1) is 14.7. The molecule has 4 nitrogen and oxygen atoms in total. The number of non-ortho nitro benzene ring substituents is 1. The Morgan fingerprint density at radius 2 is 1.95 bits per heavy atom. The summed E-state index contributed by atoms with van der Waals surface area (Å²) in [6.07, 6.45) is 0.783. The largest absolute Gasteiger partial charge is 0.313 e. The molecule has 2 aromatic rings. The third kappa shape index (κ3) is 3.65. The molecule has 0 aromatic heterocycles. The molecule has 0 saturated carbocycles. The van der Waals surface area contributed by atoms with Gasteiger partial charge in [-0.1, -0.05) is 40.2 Å². The second-order valence-electron chi connectivity index (χ2n) is 4.52. The molecule has 0 bridgehead atoms. The van der Waals surface area contributed by atoms with Gasteiger partial charge in [0.15, 0.2) is 0 Å². The summed E-state index contributed by atoms with van der Waals surface area (Å²) in [7, 11) is 1.91. The van der Waals surface area contributed by atoms with Crippen molar-refractivity contribution in [2.45, 2.75) is 12.5 Å². The van der Waals surface area contributed by atoms with Gasteiger partial charge in [-0.25, -0.2) is 0 Å². The molecule has 0 heterocycles. The molecule has 1 unspecified atom stereocenters. The number of benzene rings is 2. The molecule has 104 valence electrons. The maximum absolute atomic E-state index is 10.6. The first-order valence-electron chi connectivity index (χ1n) is 6.26. The Morgan fingerprint density at radius 3 is 2.50 bits per heavy atom. The summed E-state index contributed by atoms with van der Waals surface area (Å²) in [5.41, 5.74) is 2.37. The summed E-state index contributed by atoms with van der Waals surface area (Å²) >= 11 is 3.47. The van der Waals surface area contributed by atoms with Crippen LogP contribution in [0.4, 0.5) is 5.69 Å².